The molecule has 0 bridgehead atoms. The Balaban J connectivity index is 2.88. The third-order valence-corrected chi connectivity index (χ3v) is 5.36. The number of nitrogens with zero attached hydrogens (tertiary/aromatic N) is 1. The molecule has 0 saturated heterocycles. The van der Waals surface area contributed by atoms with Crippen LogP contribution in [0.25, 0.3) is 0 Å². The summed E-state index contributed by atoms with van der Waals surface area (Å²) in [6.07, 6.45) is 3.22. The van der Waals surface area contributed by atoms with E-state index in [1.54, 1.807) is 0 Å². The van der Waals surface area contributed by atoms with E-state index in [4.69, 9.17) is 0 Å². The highest BCUT2D eigenvalue weighted by molar-refractivity contribution is 7.87. The minimum Gasteiger partial charge on any atom is -0.480 e. The van der Waals surface area contributed by atoms with E-state index in [0.717, 1.165) is 23.6 Å². The molecule has 0 spiro atoms. The average molecular weight is 278 g/mol. The quantitative estimate of drug-likeness (QED) is 0.779. The van der Waals surface area contributed by atoms with Gasteiger partial charge in [0.15, 0.2) is 0 Å². The fourth-order valence-electron chi connectivity index (χ4n) is 2.28. The van der Waals surface area contributed by atoms with Gasteiger partial charge in [-0.15, -0.1) is 0 Å². The lowest BCUT2D eigenvalue weighted by atomic mass is 9.76. The first-order valence-electron chi connectivity index (χ1n) is 6.18. The lowest BCUT2D eigenvalue weighted by Crippen LogP contribution is -2.58. The zero-order valence-corrected chi connectivity index (χ0v) is 12.0. The molecule has 106 valence electrons. The molecule has 0 atom stereocenters. The second-order valence-electron chi connectivity index (χ2n) is 5.13. The first kappa shape index (κ1) is 15.4. The number of nitrogens with one attached hydrogen (secondary N) is 1. The van der Waals surface area contributed by atoms with E-state index in [0.29, 0.717) is 18.8 Å². The van der Waals surface area contributed by atoms with Crippen molar-refractivity contribution in [1.29, 1.82) is 0 Å². The van der Waals surface area contributed by atoms with Crippen LogP contribution in [-0.4, -0.2) is 43.4 Å². The second kappa shape index (κ2) is 5.54. The number of aliphatic carboxylic acids is 1. The van der Waals surface area contributed by atoms with Crippen molar-refractivity contribution in [3.63, 3.8) is 0 Å². The third kappa shape index (κ3) is 3.21. The van der Waals surface area contributed by atoms with Gasteiger partial charge in [-0.25, -0.2) is 0 Å². The van der Waals surface area contributed by atoms with Crippen LogP contribution in [0.4, 0.5) is 0 Å². The van der Waals surface area contributed by atoms with Gasteiger partial charge in [0, 0.05) is 14.1 Å². The van der Waals surface area contributed by atoms with Gasteiger partial charge in [0.25, 0.3) is 10.2 Å². The van der Waals surface area contributed by atoms with Gasteiger partial charge >= 0.3 is 5.97 Å². The van der Waals surface area contributed by atoms with Gasteiger partial charge in [-0.3, -0.25) is 4.79 Å². The highest BCUT2D eigenvalue weighted by Crippen LogP contribution is 2.34. The van der Waals surface area contributed by atoms with E-state index >= 15 is 0 Å². The van der Waals surface area contributed by atoms with Crippen LogP contribution in [0.15, 0.2) is 0 Å². The normalized spacial score (nSPS) is 29.4. The van der Waals surface area contributed by atoms with Crippen LogP contribution >= 0.6 is 0 Å². The highest BCUT2D eigenvalue weighted by atomic mass is 32.2. The smallest absolute Gasteiger partial charge is 0.324 e. The van der Waals surface area contributed by atoms with Crippen molar-refractivity contribution >= 4 is 16.2 Å². The molecule has 0 amide bonds. The molecular formula is C11H22N2O4S. The first-order valence-corrected chi connectivity index (χ1v) is 7.62. The molecule has 1 rings (SSSR count). The van der Waals surface area contributed by atoms with Crippen LogP contribution < -0.4 is 4.72 Å². The van der Waals surface area contributed by atoms with Crippen LogP contribution in [0.1, 0.15) is 39.0 Å². The van der Waals surface area contributed by atoms with Crippen LogP contribution in [0, 0.1) is 5.92 Å². The largest absolute Gasteiger partial charge is 0.480 e. The van der Waals surface area contributed by atoms with Gasteiger partial charge in [-0.1, -0.05) is 13.3 Å². The summed E-state index contributed by atoms with van der Waals surface area (Å²) in [6, 6.07) is 0. The Kier molecular flexibility index (Phi) is 4.74. The van der Waals surface area contributed by atoms with Gasteiger partial charge in [-0.2, -0.15) is 17.4 Å². The number of rotatable bonds is 5. The Morgan fingerprint density at radius 1 is 1.39 bits per heavy atom. The summed E-state index contributed by atoms with van der Waals surface area (Å²) in [5.41, 5.74) is -1.34. The van der Waals surface area contributed by atoms with Crippen LogP contribution in [0.2, 0.25) is 0 Å². The molecule has 1 fully saturated rings. The second-order valence-corrected chi connectivity index (χ2v) is 7.01. The fourth-order valence-corrected chi connectivity index (χ4v) is 3.24. The zero-order chi connectivity index (χ0) is 14.0. The van der Waals surface area contributed by atoms with Crippen molar-refractivity contribution in [2.75, 3.05) is 14.1 Å². The molecule has 0 unspecified atom stereocenters. The Morgan fingerprint density at radius 2 is 1.89 bits per heavy atom. The van der Waals surface area contributed by atoms with E-state index in [1.807, 2.05) is 0 Å². The monoisotopic (exact) mass is 278 g/mol. The first-order chi connectivity index (χ1) is 8.23. The van der Waals surface area contributed by atoms with E-state index in [2.05, 4.69) is 11.6 Å². The number of hydrogen-bond donors (Lipinski definition) is 2. The number of carboxylic acids is 1. The molecule has 6 nitrogen and oxygen atoms in total. The molecule has 0 radical (unpaired) electrons. The summed E-state index contributed by atoms with van der Waals surface area (Å²) in [4.78, 5) is 11.4. The molecule has 0 heterocycles. The standard InChI is InChI=1S/C11H22N2O4S/c1-4-9-5-7-11(8-6-9,10(14)15)12-18(16,17)13(2)3/h9,12H,4-8H2,1-3H3,(H,14,15). The molecule has 1 saturated carbocycles. The molecule has 0 aromatic carbocycles. The fraction of sp³-hybridized carbons (Fsp3) is 0.909. The van der Waals surface area contributed by atoms with Crippen molar-refractivity contribution in [2.45, 2.75) is 44.6 Å². The van der Waals surface area contributed by atoms with Crippen LogP contribution in [0.3, 0.4) is 0 Å². The number of carbonyl (C=O) groups is 1. The molecule has 7 heteroatoms. The van der Waals surface area contributed by atoms with Gasteiger partial charge in [-0.05, 0) is 31.6 Å². The zero-order valence-electron chi connectivity index (χ0n) is 11.1. The number of hydrogen-bond acceptors (Lipinski definition) is 3. The van der Waals surface area contributed by atoms with E-state index in [1.165, 1.54) is 14.1 Å². The highest BCUT2D eigenvalue weighted by Gasteiger charge is 2.45. The van der Waals surface area contributed by atoms with Crippen molar-refractivity contribution in [1.82, 2.24) is 9.03 Å². The predicted molar refractivity (Wildman–Crippen MR) is 68.4 cm³/mol. The van der Waals surface area contributed by atoms with Crippen molar-refractivity contribution in [3.8, 4) is 0 Å². The Hall–Kier alpha value is -0.660. The van der Waals surface area contributed by atoms with E-state index < -0.39 is 21.7 Å². The van der Waals surface area contributed by atoms with Crippen molar-refractivity contribution in [2.24, 2.45) is 5.92 Å². The molecule has 0 aliphatic heterocycles. The number of carboxylic acid groups (broad SMARTS) is 1. The summed E-state index contributed by atoms with van der Waals surface area (Å²) < 4.78 is 27.0. The van der Waals surface area contributed by atoms with Gasteiger partial charge in [0.2, 0.25) is 0 Å². The van der Waals surface area contributed by atoms with Gasteiger partial charge in [0.1, 0.15) is 5.54 Å². The maximum atomic E-state index is 11.8. The molecule has 0 aromatic rings. The summed E-state index contributed by atoms with van der Waals surface area (Å²) in [5, 5.41) is 9.35. The third-order valence-electron chi connectivity index (χ3n) is 3.75. The topological polar surface area (TPSA) is 86.7 Å². The molecule has 0 aromatic heterocycles. The minimum atomic E-state index is -3.72. The molecule has 1 aliphatic rings. The lowest BCUT2D eigenvalue weighted by Gasteiger charge is -2.37. The summed E-state index contributed by atoms with van der Waals surface area (Å²) in [5.74, 6) is -0.580. The Bertz CT molecular complexity index is 397. The molecule has 18 heavy (non-hydrogen) atoms. The maximum Gasteiger partial charge on any atom is 0.324 e. The summed E-state index contributed by atoms with van der Waals surface area (Å²) in [6.45, 7) is 2.07. The summed E-state index contributed by atoms with van der Waals surface area (Å²) >= 11 is 0. The van der Waals surface area contributed by atoms with Gasteiger partial charge in [0.05, 0.1) is 0 Å². The SMILES string of the molecule is CCC1CCC(NS(=O)(=O)N(C)C)(C(=O)O)CC1. The van der Waals surface area contributed by atoms with Crippen molar-refractivity contribution < 1.29 is 18.3 Å². The molecular weight excluding hydrogens is 256 g/mol. The minimum absolute atomic E-state index is 0.355. The Morgan fingerprint density at radius 3 is 2.22 bits per heavy atom. The molecule has 2 N–H and O–H groups in total. The van der Waals surface area contributed by atoms with Gasteiger partial charge < -0.3 is 5.11 Å². The van der Waals surface area contributed by atoms with Crippen LogP contribution in [0.5, 0.6) is 0 Å². The van der Waals surface area contributed by atoms with E-state index in [-0.39, 0.29) is 0 Å². The van der Waals surface area contributed by atoms with E-state index in [9.17, 15) is 18.3 Å². The predicted octanol–water partition coefficient (Wildman–Crippen LogP) is 0.806. The summed E-state index contributed by atoms with van der Waals surface area (Å²) in [7, 11) is -0.954. The van der Waals surface area contributed by atoms with Crippen molar-refractivity contribution in [3.05, 3.63) is 0 Å². The lowest BCUT2D eigenvalue weighted by molar-refractivity contribution is -0.145. The Labute approximate surface area is 109 Å². The van der Waals surface area contributed by atoms with Crippen LogP contribution in [-0.2, 0) is 15.0 Å². The molecule has 1 aliphatic carbocycles. The maximum absolute atomic E-state index is 11.8. The average Bonchev–Trinajstić information content (AvgIpc) is 2.29.